The van der Waals surface area contributed by atoms with E-state index < -0.39 is 0 Å². The Bertz CT molecular complexity index is 441. The van der Waals surface area contributed by atoms with Gasteiger partial charge in [-0.05, 0) is 24.1 Å². The Kier molecular flexibility index (Phi) is 3.64. The van der Waals surface area contributed by atoms with Gasteiger partial charge < -0.3 is 14.3 Å². The molecule has 1 aromatic heterocycles. The van der Waals surface area contributed by atoms with Crippen LogP contribution >= 0.6 is 0 Å². The topological polar surface area (TPSA) is 62.5 Å². The minimum Gasteiger partial charge on any atom is -0.344 e. The molecule has 1 atom stereocenters. The Balaban J connectivity index is 2.08. The Morgan fingerprint density at radius 2 is 2.39 bits per heavy atom. The van der Waals surface area contributed by atoms with Crippen LogP contribution in [0.3, 0.4) is 0 Å². The molecule has 1 aromatic rings. The normalized spacial score (nSPS) is 19.7. The van der Waals surface area contributed by atoms with Crippen molar-refractivity contribution in [3.05, 3.63) is 18.5 Å². The molecule has 2 heterocycles. The maximum Gasteiger partial charge on any atom is 0.265 e. The number of piperidine rings is 1. The monoisotopic (exact) mass is 250 g/mol. The fourth-order valence-corrected chi connectivity index (χ4v) is 2.08. The van der Waals surface area contributed by atoms with Crippen LogP contribution in [0, 0.1) is 0 Å². The second kappa shape index (κ2) is 5.20. The lowest BCUT2D eigenvalue weighted by molar-refractivity contribution is -0.127. The van der Waals surface area contributed by atoms with Gasteiger partial charge in [0.05, 0.1) is 5.92 Å². The molecule has 6 nitrogen and oxygen atoms in total. The molecule has 0 aliphatic carbocycles. The van der Waals surface area contributed by atoms with Gasteiger partial charge in [-0.25, -0.2) is 0 Å². The Morgan fingerprint density at radius 1 is 1.61 bits per heavy atom. The maximum absolute atomic E-state index is 11.6. The summed E-state index contributed by atoms with van der Waals surface area (Å²) in [4.78, 5) is 19.5. The van der Waals surface area contributed by atoms with E-state index in [4.69, 9.17) is 4.52 Å². The van der Waals surface area contributed by atoms with E-state index in [1.165, 1.54) is 6.08 Å². The number of carbonyl (C=O) groups is 1. The highest BCUT2D eigenvalue weighted by Crippen LogP contribution is 2.26. The average Bonchev–Trinajstić information content (AvgIpc) is 2.88. The van der Waals surface area contributed by atoms with Crippen LogP contribution < -0.4 is 4.90 Å². The van der Waals surface area contributed by atoms with Crippen molar-refractivity contribution in [3.63, 3.8) is 0 Å². The number of aromatic nitrogens is 2. The molecule has 1 aliphatic rings. The molecule has 1 unspecified atom stereocenters. The molecule has 6 heteroatoms. The van der Waals surface area contributed by atoms with Gasteiger partial charge in [0.15, 0.2) is 0 Å². The Morgan fingerprint density at radius 3 is 3.00 bits per heavy atom. The fourth-order valence-electron chi connectivity index (χ4n) is 2.08. The third-order valence-electron chi connectivity index (χ3n) is 3.09. The number of nitrogens with zero attached hydrogens (tertiary/aromatic N) is 4. The highest BCUT2D eigenvalue weighted by molar-refractivity contribution is 5.87. The molecule has 1 saturated heterocycles. The largest absolute Gasteiger partial charge is 0.344 e. The Hall–Kier alpha value is -1.85. The maximum atomic E-state index is 11.6. The van der Waals surface area contributed by atoms with Crippen molar-refractivity contribution < 1.29 is 9.32 Å². The van der Waals surface area contributed by atoms with Crippen molar-refractivity contribution >= 4 is 11.9 Å². The molecule has 0 aromatic carbocycles. The molecule has 0 N–H and O–H groups in total. The van der Waals surface area contributed by atoms with Crippen molar-refractivity contribution in [2.24, 2.45) is 0 Å². The van der Waals surface area contributed by atoms with Crippen LogP contribution in [0.25, 0.3) is 0 Å². The van der Waals surface area contributed by atoms with E-state index in [-0.39, 0.29) is 11.8 Å². The number of rotatable bonds is 3. The van der Waals surface area contributed by atoms with Crippen molar-refractivity contribution in [2.75, 3.05) is 32.1 Å². The van der Waals surface area contributed by atoms with E-state index in [2.05, 4.69) is 16.7 Å². The van der Waals surface area contributed by atoms with E-state index in [0.29, 0.717) is 18.4 Å². The molecule has 2 rings (SSSR count). The predicted molar refractivity (Wildman–Crippen MR) is 67.4 cm³/mol. The summed E-state index contributed by atoms with van der Waals surface area (Å²) >= 11 is 0. The standard InChI is InChI=1S/C12H18N4O2/c1-4-10(17)16-7-5-6-9(8-16)11-13-12(14-18-11)15(2)3/h4,9H,1,5-8H2,2-3H3. The van der Waals surface area contributed by atoms with Crippen LogP contribution in [0.2, 0.25) is 0 Å². The molecule has 98 valence electrons. The zero-order chi connectivity index (χ0) is 13.1. The van der Waals surface area contributed by atoms with Crippen LogP contribution in [0.1, 0.15) is 24.7 Å². The molecule has 0 spiro atoms. The first-order chi connectivity index (χ1) is 8.61. The number of likely N-dealkylation sites (tertiary alicyclic amines) is 1. The summed E-state index contributed by atoms with van der Waals surface area (Å²) in [6.07, 6.45) is 3.27. The van der Waals surface area contributed by atoms with E-state index in [0.717, 1.165) is 19.4 Å². The first-order valence-corrected chi connectivity index (χ1v) is 6.04. The SMILES string of the molecule is C=CC(=O)N1CCCC(c2nc(N(C)C)no2)C1. The lowest BCUT2D eigenvalue weighted by Crippen LogP contribution is -2.38. The summed E-state index contributed by atoms with van der Waals surface area (Å²) in [5.74, 6) is 1.27. The van der Waals surface area contributed by atoms with E-state index >= 15 is 0 Å². The number of hydrogen-bond acceptors (Lipinski definition) is 5. The Labute approximate surface area is 106 Å². The van der Waals surface area contributed by atoms with Gasteiger partial charge in [-0.15, -0.1) is 0 Å². The van der Waals surface area contributed by atoms with E-state index in [1.54, 1.807) is 9.80 Å². The van der Waals surface area contributed by atoms with Gasteiger partial charge in [-0.2, -0.15) is 4.98 Å². The highest BCUT2D eigenvalue weighted by atomic mass is 16.5. The minimum atomic E-state index is -0.0351. The van der Waals surface area contributed by atoms with Gasteiger partial charge >= 0.3 is 0 Å². The first-order valence-electron chi connectivity index (χ1n) is 6.04. The van der Waals surface area contributed by atoms with Crippen LogP contribution in [0.4, 0.5) is 5.95 Å². The molecule has 1 fully saturated rings. The van der Waals surface area contributed by atoms with E-state index in [1.807, 2.05) is 14.1 Å². The van der Waals surface area contributed by atoms with Crippen molar-refractivity contribution in [2.45, 2.75) is 18.8 Å². The first kappa shape index (κ1) is 12.6. The molecule has 0 bridgehead atoms. The fraction of sp³-hybridized carbons (Fsp3) is 0.583. The van der Waals surface area contributed by atoms with Gasteiger partial charge in [0.25, 0.3) is 5.95 Å². The molecule has 18 heavy (non-hydrogen) atoms. The number of anilines is 1. The molecule has 0 saturated carbocycles. The molecular formula is C12H18N4O2. The van der Waals surface area contributed by atoms with Gasteiger partial charge in [-0.3, -0.25) is 4.79 Å². The van der Waals surface area contributed by atoms with Crippen LogP contribution in [0.15, 0.2) is 17.2 Å². The highest BCUT2D eigenvalue weighted by Gasteiger charge is 2.27. The zero-order valence-corrected chi connectivity index (χ0v) is 10.8. The van der Waals surface area contributed by atoms with Gasteiger partial charge in [-0.1, -0.05) is 6.58 Å². The summed E-state index contributed by atoms with van der Waals surface area (Å²) in [5.41, 5.74) is 0. The lowest BCUT2D eigenvalue weighted by atomic mass is 9.98. The van der Waals surface area contributed by atoms with Crippen molar-refractivity contribution in [1.82, 2.24) is 15.0 Å². The van der Waals surface area contributed by atoms with Crippen molar-refractivity contribution in [1.29, 1.82) is 0 Å². The number of amides is 1. The summed E-state index contributed by atoms with van der Waals surface area (Å²) in [7, 11) is 3.73. The molecule has 1 aliphatic heterocycles. The zero-order valence-electron chi connectivity index (χ0n) is 10.8. The second-order valence-electron chi connectivity index (χ2n) is 4.65. The average molecular weight is 250 g/mol. The third kappa shape index (κ3) is 2.52. The molecular weight excluding hydrogens is 232 g/mol. The summed E-state index contributed by atoms with van der Waals surface area (Å²) in [6, 6.07) is 0. The second-order valence-corrected chi connectivity index (χ2v) is 4.65. The van der Waals surface area contributed by atoms with Crippen molar-refractivity contribution in [3.8, 4) is 0 Å². The van der Waals surface area contributed by atoms with E-state index in [9.17, 15) is 4.79 Å². The molecule has 0 radical (unpaired) electrons. The van der Waals surface area contributed by atoms with Crippen LogP contribution in [0.5, 0.6) is 0 Å². The minimum absolute atomic E-state index is 0.0351. The van der Waals surface area contributed by atoms with Gasteiger partial charge in [0.2, 0.25) is 11.8 Å². The van der Waals surface area contributed by atoms with Gasteiger partial charge in [0, 0.05) is 27.2 Å². The predicted octanol–water partition coefficient (Wildman–Crippen LogP) is 1.03. The van der Waals surface area contributed by atoms with Crippen LogP contribution in [-0.4, -0.2) is 48.1 Å². The number of carbonyl (C=O) groups excluding carboxylic acids is 1. The summed E-state index contributed by atoms with van der Waals surface area (Å²) in [5, 5.41) is 3.90. The quantitative estimate of drug-likeness (QED) is 0.750. The lowest BCUT2D eigenvalue weighted by Gasteiger charge is -2.30. The summed E-state index contributed by atoms with van der Waals surface area (Å²) in [6.45, 7) is 4.91. The summed E-state index contributed by atoms with van der Waals surface area (Å²) < 4.78 is 5.26. The number of hydrogen-bond donors (Lipinski definition) is 0. The molecule has 1 amide bonds. The van der Waals surface area contributed by atoms with Gasteiger partial charge in [0.1, 0.15) is 0 Å². The van der Waals surface area contributed by atoms with Crippen LogP contribution in [-0.2, 0) is 4.79 Å². The smallest absolute Gasteiger partial charge is 0.265 e. The third-order valence-corrected chi connectivity index (χ3v) is 3.09.